The van der Waals surface area contributed by atoms with Crippen LogP contribution in [0.1, 0.15) is 47.8 Å². The maximum Gasteiger partial charge on any atom is 0.330 e. The van der Waals surface area contributed by atoms with Crippen LogP contribution in [-0.4, -0.2) is 81.8 Å². The van der Waals surface area contributed by atoms with E-state index in [4.69, 9.17) is 42.1 Å². The van der Waals surface area contributed by atoms with Crippen molar-refractivity contribution in [1.82, 2.24) is 19.7 Å². The van der Waals surface area contributed by atoms with Crippen LogP contribution in [0.2, 0.25) is 5.02 Å². The number of aliphatic hydroxyl groups excluding tert-OH is 1. The quantitative estimate of drug-likeness (QED) is 0.179. The van der Waals surface area contributed by atoms with Gasteiger partial charge in [0.2, 0.25) is 0 Å². The first-order valence-electron chi connectivity index (χ1n) is 12.3. The molecule has 0 aromatic carbocycles. The number of aromatic nitrogens is 2. The van der Waals surface area contributed by atoms with E-state index in [9.17, 15) is 33.1 Å². The second-order valence-electron chi connectivity index (χ2n) is 9.79. The minimum atomic E-state index is -3.88. The normalized spacial score (nSPS) is 25.8. The largest absolute Gasteiger partial charge is 0.462 e. The Hall–Kier alpha value is -1.85. The molecule has 1 aliphatic rings. The van der Waals surface area contributed by atoms with Crippen molar-refractivity contribution in [3.8, 4) is 0 Å². The topological polar surface area (TPSA) is 170 Å². The first-order valence-corrected chi connectivity index (χ1v) is 15.4. The molecule has 1 aliphatic heterocycles. The Balaban J connectivity index is 2.42. The fraction of sp³-hybridized carbons (Fsp3) is 0.727. The Kier molecular flexibility index (Phi) is 12.1. The highest BCUT2D eigenvalue weighted by Crippen LogP contribution is 2.47. The molecule has 0 aliphatic carbocycles. The number of nitrogens with zero attached hydrogens (tertiary/aromatic N) is 1. The maximum absolute atomic E-state index is 15.2. The van der Waals surface area contributed by atoms with E-state index < -0.39 is 96.2 Å². The first kappa shape index (κ1) is 35.3. The highest BCUT2D eigenvalue weighted by atomic mass is 35.5. The van der Waals surface area contributed by atoms with Gasteiger partial charge in [0.05, 0.1) is 18.8 Å². The van der Waals surface area contributed by atoms with Gasteiger partial charge in [-0.1, -0.05) is 11.6 Å². The second kappa shape index (κ2) is 14.1. The van der Waals surface area contributed by atoms with Crippen LogP contribution < -0.4 is 21.4 Å². The number of hydrogen-bond acceptors (Lipinski definition) is 10. The van der Waals surface area contributed by atoms with E-state index in [0.29, 0.717) is 10.8 Å². The van der Waals surface area contributed by atoms with Crippen molar-refractivity contribution >= 4 is 41.9 Å². The van der Waals surface area contributed by atoms with Gasteiger partial charge in [0.1, 0.15) is 23.2 Å². The summed E-state index contributed by atoms with van der Waals surface area (Å²) in [5, 5.41) is 15.3. The molecule has 2 rings (SSSR count). The third-order valence-electron chi connectivity index (χ3n) is 5.59. The van der Waals surface area contributed by atoms with E-state index in [1.54, 1.807) is 32.7 Å². The minimum Gasteiger partial charge on any atom is -0.462 e. The third-order valence-corrected chi connectivity index (χ3v) is 8.76. The smallest absolute Gasteiger partial charge is 0.330 e. The van der Waals surface area contributed by atoms with E-state index in [0.717, 1.165) is 0 Å². The van der Waals surface area contributed by atoms with Crippen molar-refractivity contribution in [1.29, 1.82) is 0 Å². The maximum atomic E-state index is 15.2. The van der Waals surface area contributed by atoms with Crippen LogP contribution in [0.15, 0.2) is 15.8 Å². The van der Waals surface area contributed by atoms with Gasteiger partial charge in [-0.2, -0.15) is 0 Å². The summed E-state index contributed by atoms with van der Waals surface area (Å²) in [4.78, 5) is 50.4. The molecule has 1 fully saturated rings. The van der Waals surface area contributed by atoms with Gasteiger partial charge in [0.25, 0.3) is 12.0 Å². The number of aliphatic hydroxyl groups is 1. The van der Waals surface area contributed by atoms with E-state index in [1.165, 1.54) is 13.8 Å². The molecule has 6 unspecified atom stereocenters. The summed E-state index contributed by atoms with van der Waals surface area (Å²) in [7, 11) is 0. The van der Waals surface area contributed by atoms with Crippen molar-refractivity contribution in [3.05, 3.63) is 32.1 Å². The molecule has 41 heavy (non-hydrogen) atoms. The number of nitrogens with one attached hydrogen (secondary N) is 3. The SMILES string of the molecule is CC(C)OC(=O)C(C)NP(=S)(NC(C)C(=O)OC(C)C)OCC1(C(F)F)OC(n2cc(Cl)c(=O)[nH]c2=O)C(F)C1O. The summed E-state index contributed by atoms with van der Waals surface area (Å²) in [5.74, 6) is -1.56. The number of H-pyrrole nitrogens is 1. The van der Waals surface area contributed by atoms with E-state index in [2.05, 4.69) is 10.2 Å². The molecule has 2 heterocycles. The molecule has 19 heteroatoms. The fourth-order valence-electron chi connectivity index (χ4n) is 3.60. The van der Waals surface area contributed by atoms with Gasteiger partial charge in [-0.05, 0) is 53.3 Å². The molecule has 0 bridgehead atoms. The Morgan fingerprint density at radius 2 is 1.63 bits per heavy atom. The highest BCUT2D eigenvalue weighted by Gasteiger charge is 2.62. The second-order valence-corrected chi connectivity index (χ2v) is 13.6. The van der Waals surface area contributed by atoms with Gasteiger partial charge in [0.15, 0.2) is 24.6 Å². The van der Waals surface area contributed by atoms with E-state index in [-0.39, 0.29) is 0 Å². The van der Waals surface area contributed by atoms with Crippen LogP contribution >= 0.6 is 18.2 Å². The molecule has 0 spiro atoms. The van der Waals surface area contributed by atoms with Crippen molar-refractivity contribution in [3.63, 3.8) is 0 Å². The molecule has 0 amide bonds. The number of esters is 2. The molecule has 6 atom stereocenters. The molecule has 4 N–H and O–H groups in total. The summed E-state index contributed by atoms with van der Waals surface area (Å²) in [6, 6.07) is -2.35. The molecular formula is C22H33ClF3N4O9PS. The Morgan fingerprint density at radius 3 is 2.07 bits per heavy atom. The van der Waals surface area contributed by atoms with Crippen LogP contribution in [0.5, 0.6) is 0 Å². The van der Waals surface area contributed by atoms with Crippen molar-refractivity contribution in [2.24, 2.45) is 0 Å². The minimum absolute atomic E-state index is 0.405. The lowest BCUT2D eigenvalue weighted by atomic mass is 9.97. The average Bonchev–Trinajstić information content (AvgIpc) is 3.10. The Bertz CT molecular complexity index is 1240. The molecule has 13 nitrogen and oxygen atoms in total. The summed E-state index contributed by atoms with van der Waals surface area (Å²) in [5.41, 5.74) is -5.35. The highest BCUT2D eigenvalue weighted by molar-refractivity contribution is 8.10. The summed E-state index contributed by atoms with van der Waals surface area (Å²) in [6.07, 6.45) is -11.3. The van der Waals surface area contributed by atoms with Gasteiger partial charge in [-0.25, -0.2) is 28.1 Å². The number of aromatic amines is 1. The Labute approximate surface area is 243 Å². The number of alkyl halides is 3. The number of rotatable bonds is 13. The van der Waals surface area contributed by atoms with E-state index >= 15 is 4.39 Å². The van der Waals surface area contributed by atoms with Crippen molar-refractivity contribution in [2.75, 3.05) is 6.61 Å². The number of halogens is 4. The summed E-state index contributed by atoms with van der Waals surface area (Å²) in [6.45, 7) is 3.91. The zero-order valence-corrected chi connectivity index (χ0v) is 25.4. The lowest BCUT2D eigenvalue weighted by Gasteiger charge is -2.35. The monoisotopic (exact) mass is 652 g/mol. The zero-order valence-electron chi connectivity index (χ0n) is 22.9. The van der Waals surface area contributed by atoms with Crippen LogP contribution in [0.25, 0.3) is 0 Å². The lowest BCUT2D eigenvalue weighted by molar-refractivity contribution is -0.191. The predicted octanol–water partition coefficient (Wildman–Crippen LogP) is 1.52. The van der Waals surface area contributed by atoms with Crippen molar-refractivity contribution in [2.45, 2.75) is 96.4 Å². The van der Waals surface area contributed by atoms with Crippen LogP contribution in [-0.2, 0) is 40.1 Å². The van der Waals surface area contributed by atoms with Gasteiger partial charge < -0.3 is 23.8 Å². The molecule has 1 saturated heterocycles. The zero-order chi connectivity index (χ0) is 31.4. The average molecular weight is 653 g/mol. The number of carbonyl (C=O) groups excluding carboxylic acids is 2. The third kappa shape index (κ3) is 8.60. The van der Waals surface area contributed by atoms with Crippen LogP contribution in [0, 0.1) is 0 Å². The fourth-order valence-corrected chi connectivity index (χ4v) is 6.69. The number of carbonyl (C=O) groups is 2. The molecule has 0 radical (unpaired) electrons. The van der Waals surface area contributed by atoms with Crippen LogP contribution in [0.4, 0.5) is 13.2 Å². The van der Waals surface area contributed by atoms with Gasteiger partial charge >= 0.3 is 17.6 Å². The van der Waals surface area contributed by atoms with Gasteiger partial charge in [-0.15, -0.1) is 0 Å². The van der Waals surface area contributed by atoms with E-state index in [1.807, 2.05) is 0 Å². The van der Waals surface area contributed by atoms with Crippen LogP contribution in [0.3, 0.4) is 0 Å². The molecule has 1 aromatic heterocycles. The summed E-state index contributed by atoms with van der Waals surface area (Å²) >= 11 is 11.2. The standard InChI is InChI=1S/C22H33ClF3N4O9PS/c1-9(2)37-18(33)11(5)28-40(41,29-12(6)19(34)38-10(3)4)36-8-22(20(25)26)15(31)14(24)17(39-22)30-7-13(23)16(32)27-21(30)35/h7,9-12,14-15,17,20,31H,8H2,1-6H3,(H,27,32,35)(H2,28,29,41). The molecule has 1 aromatic rings. The molecular weight excluding hydrogens is 620 g/mol. The Morgan fingerprint density at radius 1 is 1.15 bits per heavy atom. The summed E-state index contributed by atoms with van der Waals surface area (Å²) < 4.78 is 65.6. The van der Waals surface area contributed by atoms with Crippen molar-refractivity contribution < 1.29 is 46.6 Å². The molecule has 234 valence electrons. The van der Waals surface area contributed by atoms with Gasteiger partial charge in [-0.3, -0.25) is 23.9 Å². The predicted molar refractivity (Wildman–Crippen MR) is 144 cm³/mol. The first-order chi connectivity index (χ1) is 18.8. The lowest BCUT2D eigenvalue weighted by Crippen LogP contribution is -2.53. The molecule has 0 saturated carbocycles. The van der Waals surface area contributed by atoms with Gasteiger partial charge in [0, 0.05) is 6.20 Å². The number of ether oxygens (including phenoxy) is 3. The number of hydrogen-bond donors (Lipinski definition) is 4.